The third-order valence-electron chi connectivity index (χ3n) is 11.4. The number of fused-ring (bicyclic) bond motifs is 9. The Morgan fingerprint density at radius 2 is 1.20 bits per heavy atom. The SMILES string of the molecule is C1=C(c2ccc3c(c2)sc2ccccc23)CCc2c1c1ccccc1c1cccc(-c3cccc(C4=CC(c5ccccc5)NC(c5ccccc5)=N4)c3)c21. The molecule has 2 aliphatic rings. The van der Waals surface area contributed by atoms with Crippen LogP contribution in [0.3, 0.4) is 0 Å². The third-order valence-corrected chi connectivity index (χ3v) is 12.6. The standard InChI is InChI=1S/C52H36N2S/c1-3-13-33(14-4-1)47-32-48(54-52(53-47)34-15-5-2-6-16-34)38-18-11-17-37(29-38)39-22-12-23-44-40-19-7-8-20-41(40)46-30-35(26-28-45(46)51(39)44)36-25-27-43-42-21-9-10-24-49(42)55-50(43)31-36/h1-25,27,29-32,47H,26,28H2,(H,53,54). The maximum absolute atomic E-state index is 5.23. The predicted molar refractivity (Wildman–Crippen MR) is 236 cm³/mol. The minimum atomic E-state index is 0.00377. The van der Waals surface area contributed by atoms with E-state index < -0.39 is 0 Å². The Bertz CT molecular complexity index is 3060. The summed E-state index contributed by atoms with van der Waals surface area (Å²) in [6.45, 7) is 0. The summed E-state index contributed by atoms with van der Waals surface area (Å²) in [7, 11) is 0. The highest BCUT2D eigenvalue weighted by atomic mass is 32.1. The van der Waals surface area contributed by atoms with Crippen LogP contribution in [-0.4, -0.2) is 5.84 Å². The van der Waals surface area contributed by atoms with Crippen molar-refractivity contribution in [3.8, 4) is 11.1 Å². The number of amidine groups is 1. The minimum absolute atomic E-state index is 0.00377. The van der Waals surface area contributed by atoms with Gasteiger partial charge < -0.3 is 5.32 Å². The second kappa shape index (κ2) is 13.1. The van der Waals surface area contributed by atoms with Crippen LogP contribution >= 0.6 is 11.3 Å². The molecular weight excluding hydrogens is 685 g/mol. The Hall–Kier alpha value is -6.55. The first-order chi connectivity index (χ1) is 27.2. The lowest BCUT2D eigenvalue weighted by Crippen LogP contribution is -2.31. The Morgan fingerprint density at radius 1 is 0.509 bits per heavy atom. The van der Waals surface area contributed by atoms with Crippen molar-refractivity contribution in [2.45, 2.75) is 18.9 Å². The van der Waals surface area contributed by atoms with Gasteiger partial charge in [-0.05, 0) is 97.6 Å². The van der Waals surface area contributed by atoms with Crippen LogP contribution in [0.5, 0.6) is 0 Å². The number of hydrogen-bond donors (Lipinski definition) is 1. The highest BCUT2D eigenvalue weighted by molar-refractivity contribution is 7.25. The summed E-state index contributed by atoms with van der Waals surface area (Å²) in [4.78, 5) is 5.23. The van der Waals surface area contributed by atoms with E-state index in [9.17, 15) is 0 Å². The molecule has 1 aromatic heterocycles. The van der Waals surface area contributed by atoms with Gasteiger partial charge in [-0.3, -0.25) is 0 Å². The molecule has 0 saturated heterocycles. The molecule has 2 heterocycles. The zero-order valence-electron chi connectivity index (χ0n) is 30.2. The molecule has 1 N–H and O–H groups in total. The molecule has 1 atom stereocenters. The molecule has 0 spiro atoms. The average Bonchev–Trinajstić information content (AvgIpc) is 3.64. The van der Waals surface area contributed by atoms with Crippen LogP contribution in [0, 0.1) is 0 Å². The predicted octanol–water partition coefficient (Wildman–Crippen LogP) is 13.6. The summed E-state index contributed by atoms with van der Waals surface area (Å²) >= 11 is 1.90. The Morgan fingerprint density at radius 3 is 2.07 bits per heavy atom. The fourth-order valence-corrected chi connectivity index (χ4v) is 9.95. The second-order valence-electron chi connectivity index (χ2n) is 14.6. The second-order valence-corrected chi connectivity index (χ2v) is 15.7. The van der Waals surface area contributed by atoms with E-state index >= 15 is 0 Å². The summed E-state index contributed by atoms with van der Waals surface area (Å²) in [5.74, 6) is 0.886. The number of benzene rings is 8. The molecular formula is C52H36N2S. The maximum atomic E-state index is 5.23. The van der Waals surface area contributed by atoms with Gasteiger partial charge in [0, 0.05) is 31.3 Å². The van der Waals surface area contributed by atoms with E-state index in [0.717, 1.165) is 35.5 Å². The molecule has 2 nitrogen and oxygen atoms in total. The molecule has 1 unspecified atom stereocenters. The quantitative estimate of drug-likeness (QED) is 0.176. The maximum Gasteiger partial charge on any atom is 0.134 e. The van der Waals surface area contributed by atoms with Gasteiger partial charge in [0.2, 0.25) is 0 Å². The molecule has 0 amide bonds. The van der Waals surface area contributed by atoms with E-state index in [1.54, 1.807) is 0 Å². The van der Waals surface area contributed by atoms with Crippen molar-refractivity contribution < 1.29 is 0 Å². The van der Waals surface area contributed by atoms with Gasteiger partial charge in [-0.2, -0.15) is 0 Å². The number of thiophene rings is 1. The lowest BCUT2D eigenvalue weighted by Gasteiger charge is -2.25. The fraction of sp³-hybridized carbons (Fsp3) is 0.0577. The van der Waals surface area contributed by atoms with Gasteiger partial charge in [0.25, 0.3) is 0 Å². The molecule has 8 aromatic carbocycles. The van der Waals surface area contributed by atoms with E-state index in [-0.39, 0.29) is 6.04 Å². The van der Waals surface area contributed by atoms with Crippen molar-refractivity contribution >= 4 is 76.2 Å². The molecule has 1 aliphatic heterocycles. The zero-order chi connectivity index (χ0) is 36.3. The Balaban J connectivity index is 1.06. The normalized spacial score (nSPS) is 15.4. The summed E-state index contributed by atoms with van der Waals surface area (Å²) in [5, 5.41) is 11.7. The first kappa shape index (κ1) is 31.9. The van der Waals surface area contributed by atoms with Crippen LogP contribution in [-0.2, 0) is 6.42 Å². The average molecular weight is 721 g/mol. The number of aryl methyl sites for hydroxylation is 1. The summed E-state index contributed by atoms with van der Waals surface area (Å²) < 4.78 is 2.71. The number of aliphatic imine (C=N–C) groups is 1. The summed E-state index contributed by atoms with van der Waals surface area (Å²) in [6, 6.07) is 61.8. The van der Waals surface area contributed by atoms with Crippen LogP contribution in [0.2, 0.25) is 0 Å². The topological polar surface area (TPSA) is 24.4 Å². The molecule has 11 rings (SSSR count). The molecule has 0 bridgehead atoms. The molecule has 0 radical (unpaired) electrons. The molecule has 260 valence electrons. The van der Waals surface area contributed by atoms with E-state index in [4.69, 9.17) is 4.99 Å². The van der Waals surface area contributed by atoms with Crippen LogP contribution in [0.4, 0.5) is 0 Å². The van der Waals surface area contributed by atoms with E-state index in [1.807, 2.05) is 11.3 Å². The molecule has 55 heavy (non-hydrogen) atoms. The van der Waals surface area contributed by atoms with Crippen molar-refractivity contribution in [3.63, 3.8) is 0 Å². The first-order valence-corrected chi connectivity index (χ1v) is 19.9. The number of nitrogens with one attached hydrogen (secondary N) is 1. The minimum Gasteiger partial charge on any atom is -0.359 e. The van der Waals surface area contributed by atoms with Crippen molar-refractivity contribution in [3.05, 3.63) is 209 Å². The number of hydrogen-bond acceptors (Lipinski definition) is 3. The van der Waals surface area contributed by atoms with Gasteiger partial charge in [-0.15, -0.1) is 11.3 Å². The number of allylic oxidation sites excluding steroid dienone is 1. The molecule has 1 aliphatic carbocycles. The lowest BCUT2D eigenvalue weighted by molar-refractivity contribution is 0.781. The van der Waals surface area contributed by atoms with E-state index in [0.29, 0.717) is 0 Å². The largest absolute Gasteiger partial charge is 0.359 e. The van der Waals surface area contributed by atoms with Crippen LogP contribution in [0.15, 0.2) is 181 Å². The summed E-state index contributed by atoms with van der Waals surface area (Å²) in [6.07, 6.45) is 6.75. The molecule has 9 aromatic rings. The molecule has 0 fully saturated rings. The molecule has 0 saturated carbocycles. The van der Waals surface area contributed by atoms with Crippen molar-refractivity contribution in [2.24, 2.45) is 4.99 Å². The van der Waals surface area contributed by atoms with Crippen molar-refractivity contribution in [1.82, 2.24) is 5.32 Å². The monoisotopic (exact) mass is 720 g/mol. The van der Waals surface area contributed by atoms with Crippen LogP contribution < -0.4 is 5.32 Å². The van der Waals surface area contributed by atoms with Crippen molar-refractivity contribution in [1.29, 1.82) is 0 Å². The number of nitrogens with zero attached hydrogens (tertiary/aromatic N) is 1. The fourth-order valence-electron chi connectivity index (χ4n) is 8.80. The van der Waals surface area contributed by atoms with Crippen LogP contribution in [0.25, 0.3) is 70.2 Å². The lowest BCUT2D eigenvalue weighted by atomic mass is 9.80. The van der Waals surface area contributed by atoms with E-state index in [2.05, 4.69) is 187 Å². The van der Waals surface area contributed by atoms with Gasteiger partial charge in [0.1, 0.15) is 5.84 Å². The van der Waals surface area contributed by atoms with Gasteiger partial charge in [0.05, 0.1) is 11.7 Å². The highest BCUT2D eigenvalue weighted by Crippen LogP contribution is 2.45. The van der Waals surface area contributed by atoms with Gasteiger partial charge in [-0.1, -0.05) is 158 Å². The van der Waals surface area contributed by atoms with Gasteiger partial charge in [-0.25, -0.2) is 4.99 Å². The molecule has 3 heteroatoms. The third kappa shape index (κ3) is 5.50. The smallest absolute Gasteiger partial charge is 0.134 e. The Kier molecular flexibility index (Phi) is 7.60. The van der Waals surface area contributed by atoms with Gasteiger partial charge in [0.15, 0.2) is 0 Å². The first-order valence-electron chi connectivity index (χ1n) is 19.1. The summed E-state index contributed by atoms with van der Waals surface area (Å²) in [5.41, 5.74) is 12.4. The zero-order valence-corrected chi connectivity index (χ0v) is 31.0. The highest BCUT2D eigenvalue weighted by Gasteiger charge is 2.23. The van der Waals surface area contributed by atoms with Gasteiger partial charge >= 0.3 is 0 Å². The Labute approximate surface area is 324 Å². The number of rotatable bonds is 5. The van der Waals surface area contributed by atoms with Crippen LogP contribution in [0.1, 0.15) is 45.8 Å². The van der Waals surface area contributed by atoms with E-state index in [1.165, 1.54) is 80.7 Å². The van der Waals surface area contributed by atoms with Crippen molar-refractivity contribution in [2.75, 3.05) is 0 Å².